The monoisotopic (exact) mass is 326 g/mol. The highest BCUT2D eigenvalue weighted by Gasteiger charge is 2.13. The van der Waals surface area contributed by atoms with Gasteiger partial charge in [0, 0.05) is 12.7 Å². The predicted molar refractivity (Wildman–Crippen MR) is 76.9 cm³/mol. The Bertz CT molecular complexity index is 574. The van der Waals surface area contributed by atoms with Crippen molar-refractivity contribution in [2.24, 2.45) is 0 Å². The Kier molecular flexibility index (Phi) is 4.14. The van der Waals surface area contributed by atoms with Crippen LogP contribution < -0.4 is 5.32 Å². The van der Waals surface area contributed by atoms with Crippen molar-refractivity contribution >= 4 is 33.3 Å². The summed E-state index contributed by atoms with van der Waals surface area (Å²) in [5.74, 6) is 1.28. The molecule has 2 rings (SSSR count). The minimum atomic E-state index is 0.525. The molecule has 2 aromatic rings. The molecule has 0 unspecified atom stereocenters. The molecule has 94 valence electrons. The third-order valence-corrected chi connectivity index (χ3v) is 3.59. The highest BCUT2D eigenvalue weighted by molar-refractivity contribution is 9.10. The van der Waals surface area contributed by atoms with Gasteiger partial charge in [-0.25, -0.2) is 9.97 Å². The van der Waals surface area contributed by atoms with E-state index in [4.69, 9.17) is 11.6 Å². The Labute approximate surface area is 119 Å². The van der Waals surface area contributed by atoms with Crippen molar-refractivity contribution in [1.29, 1.82) is 0 Å². The van der Waals surface area contributed by atoms with Crippen LogP contribution in [0.25, 0.3) is 11.5 Å². The van der Waals surface area contributed by atoms with E-state index in [0.29, 0.717) is 16.5 Å². The first kappa shape index (κ1) is 13.2. The van der Waals surface area contributed by atoms with Gasteiger partial charge in [0.2, 0.25) is 0 Å². The van der Waals surface area contributed by atoms with Gasteiger partial charge in [0.25, 0.3) is 0 Å². The minimum absolute atomic E-state index is 0.525. The highest BCUT2D eigenvalue weighted by Crippen LogP contribution is 2.28. The first-order valence-electron chi connectivity index (χ1n) is 5.52. The van der Waals surface area contributed by atoms with Crippen LogP contribution in [0.15, 0.2) is 22.8 Å². The first-order valence-corrected chi connectivity index (χ1v) is 6.69. The van der Waals surface area contributed by atoms with E-state index in [2.05, 4.69) is 36.2 Å². The molecule has 1 N–H and O–H groups in total. The van der Waals surface area contributed by atoms with Crippen molar-refractivity contribution in [2.45, 2.75) is 13.8 Å². The lowest BCUT2D eigenvalue weighted by Crippen LogP contribution is -2.05. The molecule has 2 heterocycles. The Morgan fingerprint density at radius 3 is 2.83 bits per heavy atom. The van der Waals surface area contributed by atoms with Gasteiger partial charge in [-0.15, -0.1) is 0 Å². The second-order valence-electron chi connectivity index (χ2n) is 3.66. The molecule has 0 saturated heterocycles. The van der Waals surface area contributed by atoms with Gasteiger partial charge in [0.1, 0.15) is 11.5 Å². The fourth-order valence-corrected chi connectivity index (χ4v) is 2.02. The first-order chi connectivity index (χ1) is 8.63. The maximum atomic E-state index is 6.11. The molecule has 4 nitrogen and oxygen atoms in total. The molecule has 0 spiro atoms. The Balaban J connectivity index is 2.56. The van der Waals surface area contributed by atoms with E-state index < -0.39 is 0 Å². The summed E-state index contributed by atoms with van der Waals surface area (Å²) in [5.41, 5.74) is 1.44. The van der Waals surface area contributed by atoms with Gasteiger partial charge >= 0.3 is 0 Å². The number of aryl methyl sites for hydroxylation is 1. The molecule has 0 atom stereocenters. The van der Waals surface area contributed by atoms with Crippen LogP contribution in [-0.4, -0.2) is 21.5 Å². The fourth-order valence-electron chi connectivity index (χ4n) is 1.50. The van der Waals surface area contributed by atoms with E-state index in [1.165, 1.54) is 0 Å². The molecular formula is C12H12BrClN4. The number of rotatable bonds is 3. The zero-order valence-corrected chi connectivity index (χ0v) is 12.4. The van der Waals surface area contributed by atoms with Crippen LogP contribution in [0.1, 0.15) is 12.6 Å². The Morgan fingerprint density at radius 1 is 1.39 bits per heavy atom. The quantitative estimate of drug-likeness (QED) is 0.934. The molecule has 0 saturated carbocycles. The van der Waals surface area contributed by atoms with Gasteiger partial charge < -0.3 is 5.32 Å². The molecule has 0 radical (unpaired) electrons. The molecule has 2 aromatic heterocycles. The summed E-state index contributed by atoms with van der Waals surface area (Å²) in [7, 11) is 0. The number of hydrogen-bond acceptors (Lipinski definition) is 4. The van der Waals surface area contributed by atoms with Gasteiger partial charge in [-0.05, 0) is 41.9 Å². The smallest absolute Gasteiger partial charge is 0.182 e. The number of anilines is 1. The average Bonchev–Trinajstić information content (AvgIpc) is 2.35. The molecule has 0 bridgehead atoms. The predicted octanol–water partition coefficient (Wildman–Crippen LogP) is 3.69. The molecule has 0 aromatic carbocycles. The van der Waals surface area contributed by atoms with Crippen LogP contribution in [-0.2, 0) is 0 Å². The summed E-state index contributed by atoms with van der Waals surface area (Å²) in [6.07, 6.45) is 1.68. The average molecular weight is 328 g/mol. The summed E-state index contributed by atoms with van der Waals surface area (Å²) in [5, 5.41) is 3.72. The SMILES string of the molecule is CCNc1nc(-c2ncccc2Cl)nc(C)c1Br. The molecule has 18 heavy (non-hydrogen) atoms. The van der Waals surface area contributed by atoms with Gasteiger partial charge in [0.05, 0.1) is 15.2 Å². The van der Waals surface area contributed by atoms with E-state index in [9.17, 15) is 0 Å². The lowest BCUT2D eigenvalue weighted by molar-refractivity contribution is 1.05. The lowest BCUT2D eigenvalue weighted by Gasteiger charge is -2.10. The third-order valence-electron chi connectivity index (χ3n) is 2.33. The van der Waals surface area contributed by atoms with E-state index in [1.54, 1.807) is 18.3 Å². The van der Waals surface area contributed by atoms with E-state index in [-0.39, 0.29) is 0 Å². The van der Waals surface area contributed by atoms with Crippen molar-refractivity contribution in [1.82, 2.24) is 15.0 Å². The van der Waals surface area contributed by atoms with Crippen molar-refractivity contribution in [3.8, 4) is 11.5 Å². The molecular weight excluding hydrogens is 316 g/mol. The summed E-state index contributed by atoms with van der Waals surface area (Å²) >= 11 is 9.57. The number of aromatic nitrogens is 3. The summed E-state index contributed by atoms with van der Waals surface area (Å²) in [4.78, 5) is 13.1. The summed E-state index contributed by atoms with van der Waals surface area (Å²) < 4.78 is 0.861. The van der Waals surface area contributed by atoms with Crippen molar-refractivity contribution in [2.75, 3.05) is 11.9 Å². The van der Waals surface area contributed by atoms with Crippen LogP contribution in [0.3, 0.4) is 0 Å². The maximum Gasteiger partial charge on any atom is 0.182 e. The summed E-state index contributed by atoms with van der Waals surface area (Å²) in [6, 6.07) is 3.56. The standard InChI is InChI=1S/C12H12BrClN4/c1-3-15-11-9(13)7(2)17-12(18-11)10-8(14)5-4-6-16-10/h4-6H,3H2,1-2H3,(H,15,17,18). The number of halogens is 2. The van der Waals surface area contributed by atoms with Crippen molar-refractivity contribution < 1.29 is 0 Å². The minimum Gasteiger partial charge on any atom is -0.369 e. The zero-order chi connectivity index (χ0) is 13.1. The molecule has 6 heteroatoms. The van der Waals surface area contributed by atoms with Gasteiger partial charge in [-0.2, -0.15) is 0 Å². The number of hydrogen-bond donors (Lipinski definition) is 1. The number of pyridine rings is 1. The van der Waals surface area contributed by atoms with Gasteiger partial charge in [-0.3, -0.25) is 4.98 Å². The van der Waals surface area contributed by atoms with Gasteiger partial charge in [-0.1, -0.05) is 11.6 Å². The summed E-state index contributed by atoms with van der Waals surface area (Å²) in [6.45, 7) is 4.70. The van der Waals surface area contributed by atoms with E-state index in [0.717, 1.165) is 22.5 Å². The Morgan fingerprint density at radius 2 is 2.17 bits per heavy atom. The lowest BCUT2D eigenvalue weighted by atomic mass is 10.3. The molecule has 0 aliphatic rings. The van der Waals surface area contributed by atoms with Crippen molar-refractivity contribution in [3.05, 3.63) is 33.5 Å². The second-order valence-corrected chi connectivity index (χ2v) is 4.86. The van der Waals surface area contributed by atoms with Crippen LogP contribution in [0.2, 0.25) is 5.02 Å². The maximum absolute atomic E-state index is 6.11. The molecule has 0 fully saturated rings. The molecule has 0 aliphatic heterocycles. The van der Waals surface area contributed by atoms with Crippen molar-refractivity contribution in [3.63, 3.8) is 0 Å². The largest absolute Gasteiger partial charge is 0.369 e. The number of nitrogens with zero attached hydrogens (tertiary/aromatic N) is 3. The van der Waals surface area contributed by atoms with E-state index in [1.807, 2.05) is 13.8 Å². The van der Waals surface area contributed by atoms with Crippen LogP contribution in [0.4, 0.5) is 5.82 Å². The normalized spacial score (nSPS) is 10.4. The molecule has 0 amide bonds. The third kappa shape index (κ3) is 2.62. The second kappa shape index (κ2) is 5.63. The number of nitrogens with one attached hydrogen (secondary N) is 1. The fraction of sp³-hybridized carbons (Fsp3) is 0.250. The van der Waals surface area contributed by atoms with Crippen LogP contribution >= 0.6 is 27.5 Å². The molecule has 0 aliphatic carbocycles. The zero-order valence-electron chi connectivity index (χ0n) is 10.0. The topological polar surface area (TPSA) is 50.7 Å². The van der Waals surface area contributed by atoms with Gasteiger partial charge in [0.15, 0.2) is 5.82 Å². The van der Waals surface area contributed by atoms with Crippen LogP contribution in [0.5, 0.6) is 0 Å². The van der Waals surface area contributed by atoms with E-state index >= 15 is 0 Å². The Hall–Kier alpha value is -1.20. The highest BCUT2D eigenvalue weighted by atomic mass is 79.9. The van der Waals surface area contributed by atoms with Crippen LogP contribution in [0, 0.1) is 6.92 Å².